The van der Waals surface area contributed by atoms with Gasteiger partial charge in [-0.1, -0.05) is 53.0 Å². The Morgan fingerprint density at radius 3 is 2.50 bits per heavy atom. The first kappa shape index (κ1) is 27.9. The van der Waals surface area contributed by atoms with Crippen LogP contribution in [0.15, 0.2) is 65.6 Å². The summed E-state index contributed by atoms with van der Waals surface area (Å²) in [5.74, 6) is -0.0463. The lowest BCUT2D eigenvalue weighted by atomic mass is 10.1. The van der Waals surface area contributed by atoms with E-state index in [4.69, 9.17) is 44.3 Å². The molecule has 11 heteroatoms. The maximum absolute atomic E-state index is 13.0. The van der Waals surface area contributed by atoms with E-state index < -0.39 is 11.1 Å². The van der Waals surface area contributed by atoms with Crippen molar-refractivity contribution in [3.63, 3.8) is 0 Å². The van der Waals surface area contributed by atoms with Crippen LogP contribution in [-0.4, -0.2) is 35.2 Å². The number of thioether (sulfide) groups is 1. The Balaban J connectivity index is 1.45. The van der Waals surface area contributed by atoms with Crippen molar-refractivity contribution in [2.75, 3.05) is 18.5 Å². The number of carbonyl (C=O) groups excluding carboxylic acids is 3. The molecule has 38 heavy (non-hydrogen) atoms. The normalized spacial score (nSPS) is 14.2. The fraction of sp³-hybridized carbons (Fsp3) is 0.148. The fourth-order valence-corrected chi connectivity index (χ4v) is 5.01. The summed E-state index contributed by atoms with van der Waals surface area (Å²) in [4.78, 5) is 39.2. The zero-order valence-electron chi connectivity index (χ0n) is 20.0. The lowest BCUT2D eigenvalue weighted by Crippen LogP contribution is -2.27. The molecule has 0 spiro atoms. The minimum Gasteiger partial charge on any atom is -0.490 e. The number of carbonyl (C=O) groups is 3. The van der Waals surface area contributed by atoms with E-state index in [0.717, 1.165) is 16.7 Å². The van der Waals surface area contributed by atoms with Crippen LogP contribution in [0, 0.1) is 0 Å². The van der Waals surface area contributed by atoms with Crippen LogP contribution in [0.1, 0.15) is 18.1 Å². The quantitative estimate of drug-likeness (QED) is 0.263. The van der Waals surface area contributed by atoms with Crippen LogP contribution < -0.4 is 14.8 Å². The lowest BCUT2D eigenvalue weighted by Gasteiger charge is -2.14. The average molecular weight is 592 g/mol. The Hall–Kier alpha value is -3.17. The Morgan fingerprint density at radius 2 is 1.76 bits per heavy atom. The second kappa shape index (κ2) is 12.6. The summed E-state index contributed by atoms with van der Waals surface area (Å²) in [5, 5.41) is 3.65. The molecule has 4 rings (SSSR count). The van der Waals surface area contributed by atoms with E-state index in [1.54, 1.807) is 66.7 Å². The van der Waals surface area contributed by atoms with Gasteiger partial charge in [0, 0.05) is 20.8 Å². The van der Waals surface area contributed by atoms with E-state index in [-0.39, 0.29) is 24.0 Å². The number of nitrogens with one attached hydrogen (secondary N) is 1. The summed E-state index contributed by atoms with van der Waals surface area (Å²) in [7, 11) is 0. The van der Waals surface area contributed by atoms with E-state index in [2.05, 4.69) is 5.32 Å². The molecular formula is C27H21Cl3N2O5S. The molecule has 1 fully saturated rings. The van der Waals surface area contributed by atoms with Crippen LogP contribution in [0.3, 0.4) is 0 Å². The third-order valence-corrected chi connectivity index (χ3v) is 6.98. The Bertz CT molecular complexity index is 1430. The summed E-state index contributed by atoms with van der Waals surface area (Å²) in [6, 6.07) is 16.7. The standard InChI is InChI=1S/C27H21Cl3N2O5S/c1-2-36-23-10-16(6-9-22(23)37-15-25(33)31-20-5-3-4-18(28)12-20)11-24-26(34)32(27(35)38-24)14-17-7-8-19(29)13-21(17)30/h3-13H,2,14-15H2,1H3,(H,31,33)/b24-11-. The number of hydrogen-bond acceptors (Lipinski definition) is 6. The molecule has 0 bridgehead atoms. The van der Waals surface area contributed by atoms with Gasteiger partial charge in [-0.15, -0.1) is 0 Å². The van der Waals surface area contributed by atoms with Crippen LogP contribution in [0.5, 0.6) is 11.5 Å². The number of imide groups is 1. The Kier molecular flexibility index (Phi) is 9.22. The van der Waals surface area contributed by atoms with Gasteiger partial charge in [0.25, 0.3) is 17.1 Å². The van der Waals surface area contributed by atoms with Gasteiger partial charge >= 0.3 is 0 Å². The topological polar surface area (TPSA) is 84.9 Å². The maximum atomic E-state index is 13.0. The van der Waals surface area contributed by atoms with Gasteiger partial charge in [0.1, 0.15) is 0 Å². The van der Waals surface area contributed by atoms with E-state index in [1.165, 1.54) is 0 Å². The number of rotatable bonds is 9. The molecule has 0 aliphatic carbocycles. The molecule has 1 N–H and O–H groups in total. The monoisotopic (exact) mass is 590 g/mol. The van der Waals surface area contributed by atoms with Gasteiger partial charge in [-0.3, -0.25) is 19.3 Å². The molecule has 1 saturated heterocycles. The highest BCUT2D eigenvalue weighted by atomic mass is 35.5. The molecule has 0 aromatic heterocycles. The first-order chi connectivity index (χ1) is 18.2. The molecule has 196 valence electrons. The number of ether oxygens (including phenoxy) is 2. The van der Waals surface area contributed by atoms with Crippen LogP contribution in [0.25, 0.3) is 6.08 Å². The maximum Gasteiger partial charge on any atom is 0.293 e. The van der Waals surface area contributed by atoms with Crippen molar-refractivity contribution >= 4 is 75.4 Å². The predicted octanol–water partition coefficient (Wildman–Crippen LogP) is 7.30. The van der Waals surface area contributed by atoms with E-state index in [1.807, 2.05) is 6.92 Å². The molecule has 7 nitrogen and oxygen atoms in total. The largest absolute Gasteiger partial charge is 0.490 e. The number of benzene rings is 3. The van der Waals surface area contributed by atoms with Crippen molar-refractivity contribution in [3.05, 3.63) is 91.8 Å². The van der Waals surface area contributed by atoms with Gasteiger partial charge in [0.15, 0.2) is 18.1 Å². The predicted molar refractivity (Wildman–Crippen MR) is 151 cm³/mol. The van der Waals surface area contributed by atoms with Gasteiger partial charge in [0.05, 0.1) is 18.1 Å². The molecule has 0 saturated carbocycles. The number of hydrogen-bond donors (Lipinski definition) is 1. The highest BCUT2D eigenvalue weighted by molar-refractivity contribution is 8.18. The molecule has 3 amide bonds. The van der Waals surface area contributed by atoms with E-state index >= 15 is 0 Å². The number of anilines is 1. The summed E-state index contributed by atoms with van der Waals surface area (Å²) >= 11 is 18.9. The SMILES string of the molecule is CCOc1cc(/C=C2\SC(=O)N(Cc3ccc(Cl)cc3Cl)C2=O)ccc1OCC(=O)Nc1cccc(Cl)c1. The van der Waals surface area contributed by atoms with E-state index in [0.29, 0.717) is 50.0 Å². The zero-order chi connectivity index (χ0) is 27.2. The lowest BCUT2D eigenvalue weighted by molar-refractivity contribution is -0.123. The van der Waals surface area contributed by atoms with Gasteiger partial charge < -0.3 is 14.8 Å². The van der Waals surface area contributed by atoms with E-state index in [9.17, 15) is 14.4 Å². The molecule has 3 aromatic rings. The van der Waals surface area contributed by atoms with Crippen molar-refractivity contribution in [1.82, 2.24) is 4.90 Å². The average Bonchev–Trinajstić information content (AvgIpc) is 3.12. The number of halogens is 3. The molecule has 0 unspecified atom stereocenters. The Labute approximate surface area is 238 Å². The minimum absolute atomic E-state index is 0.0340. The van der Waals surface area contributed by atoms with Crippen molar-refractivity contribution < 1.29 is 23.9 Å². The first-order valence-electron chi connectivity index (χ1n) is 11.4. The molecule has 1 aliphatic rings. The van der Waals surface area contributed by atoms with Crippen LogP contribution in [0.2, 0.25) is 15.1 Å². The summed E-state index contributed by atoms with van der Waals surface area (Å²) in [5.41, 5.74) is 1.79. The third kappa shape index (κ3) is 7.02. The molecule has 0 radical (unpaired) electrons. The van der Waals surface area contributed by atoms with Crippen molar-refractivity contribution in [2.45, 2.75) is 13.5 Å². The molecule has 0 atom stereocenters. The zero-order valence-corrected chi connectivity index (χ0v) is 23.1. The highest BCUT2D eigenvalue weighted by Gasteiger charge is 2.35. The van der Waals surface area contributed by atoms with Gasteiger partial charge in [-0.05, 0) is 78.4 Å². The van der Waals surface area contributed by atoms with Gasteiger partial charge in [-0.25, -0.2) is 0 Å². The summed E-state index contributed by atoms with van der Waals surface area (Å²) in [6.07, 6.45) is 1.60. The van der Waals surface area contributed by atoms with Crippen molar-refractivity contribution in [2.24, 2.45) is 0 Å². The van der Waals surface area contributed by atoms with Crippen molar-refractivity contribution in [3.8, 4) is 11.5 Å². The smallest absolute Gasteiger partial charge is 0.293 e. The van der Waals surface area contributed by atoms with Crippen molar-refractivity contribution in [1.29, 1.82) is 0 Å². The number of amides is 3. The molecule has 1 heterocycles. The fourth-order valence-electron chi connectivity index (χ4n) is 3.52. The van der Waals surface area contributed by atoms with Gasteiger partial charge in [0.2, 0.25) is 0 Å². The minimum atomic E-state index is -0.429. The Morgan fingerprint density at radius 1 is 0.974 bits per heavy atom. The molecule has 1 aliphatic heterocycles. The summed E-state index contributed by atoms with van der Waals surface area (Å²) < 4.78 is 11.4. The third-order valence-electron chi connectivity index (χ3n) is 5.25. The van der Waals surface area contributed by atoms with Crippen LogP contribution in [0.4, 0.5) is 10.5 Å². The highest BCUT2D eigenvalue weighted by Crippen LogP contribution is 2.36. The molecule has 3 aromatic carbocycles. The van der Waals surface area contributed by atoms with Crippen LogP contribution >= 0.6 is 46.6 Å². The second-order valence-corrected chi connectivity index (χ2v) is 10.3. The van der Waals surface area contributed by atoms with Gasteiger partial charge in [-0.2, -0.15) is 0 Å². The first-order valence-corrected chi connectivity index (χ1v) is 13.3. The second-order valence-electron chi connectivity index (χ2n) is 7.99. The summed E-state index contributed by atoms with van der Waals surface area (Å²) in [6.45, 7) is 1.95. The van der Waals surface area contributed by atoms with Crippen LogP contribution in [-0.2, 0) is 16.1 Å². The molecular weight excluding hydrogens is 571 g/mol. The number of nitrogens with zero attached hydrogens (tertiary/aromatic N) is 1.